The fourth-order valence-corrected chi connectivity index (χ4v) is 5.11. The fraction of sp³-hybridized carbons (Fsp3) is 0.310. The zero-order valence-electron chi connectivity index (χ0n) is 19.7. The highest BCUT2D eigenvalue weighted by Crippen LogP contribution is 2.31. The van der Waals surface area contributed by atoms with Crippen molar-refractivity contribution in [1.29, 1.82) is 0 Å². The molecule has 174 valence electrons. The minimum Gasteiger partial charge on any atom is -0.353 e. The maximum Gasteiger partial charge on any atom is 0.221 e. The summed E-state index contributed by atoms with van der Waals surface area (Å²) < 4.78 is 2.10. The van der Waals surface area contributed by atoms with Gasteiger partial charge in [0.25, 0.3) is 0 Å². The summed E-state index contributed by atoms with van der Waals surface area (Å²) in [5, 5.41) is 3.34. The summed E-state index contributed by atoms with van der Waals surface area (Å²) in [4.78, 5) is 20.3. The van der Waals surface area contributed by atoms with E-state index in [4.69, 9.17) is 0 Å². The van der Waals surface area contributed by atoms with Crippen molar-refractivity contribution in [2.75, 3.05) is 13.1 Å². The molecular weight excluding hydrogens is 420 g/mol. The van der Waals surface area contributed by atoms with Crippen LogP contribution in [0.1, 0.15) is 47.6 Å². The molecule has 4 aromatic rings. The summed E-state index contributed by atoms with van der Waals surface area (Å²) in [6.07, 6.45) is 6.34. The number of nitrogens with one attached hydrogen (secondary N) is 1. The van der Waals surface area contributed by atoms with Gasteiger partial charge in [0.1, 0.15) is 5.65 Å². The van der Waals surface area contributed by atoms with Crippen molar-refractivity contribution in [3.05, 3.63) is 108 Å². The third-order valence-electron chi connectivity index (χ3n) is 6.96. The van der Waals surface area contributed by atoms with Gasteiger partial charge in [0.05, 0.1) is 5.69 Å². The summed E-state index contributed by atoms with van der Waals surface area (Å²) in [7, 11) is 0. The Labute approximate surface area is 201 Å². The van der Waals surface area contributed by atoms with E-state index in [2.05, 4.69) is 75.1 Å². The number of nitrogens with zero attached hydrogens (tertiary/aromatic N) is 3. The summed E-state index contributed by atoms with van der Waals surface area (Å²) in [5.74, 6) is 0.0670. The number of hydrogen-bond donors (Lipinski definition) is 1. The monoisotopic (exact) mass is 452 g/mol. The molecule has 5 heteroatoms. The Kier molecular flexibility index (Phi) is 6.72. The van der Waals surface area contributed by atoms with Crippen LogP contribution < -0.4 is 5.32 Å². The maximum atomic E-state index is 13.3. The molecule has 0 radical (unpaired) electrons. The maximum absolute atomic E-state index is 13.3. The van der Waals surface area contributed by atoms with E-state index in [1.807, 2.05) is 36.7 Å². The van der Waals surface area contributed by atoms with Crippen LogP contribution in [0.25, 0.3) is 5.65 Å². The number of hydrogen-bond acceptors (Lipinski definition) is 3. The van der Waals surface area contributed by atoms with Crippen LogP contribution in [0.2, 0.25) is 0 Å². The molecule has 1 amide bonds. The summed E-state index contributed by atoms with van der Waals surface area (Å²) in [6, 6.07) is 25.2. The Balaban J connectivity index is 1.26. The van der Waals surface area contributed by atoms with Crippen molar-refractivity contribution < 1.29 is 4.79 Å². The average Bonchev–Trinajstić information content (AvgIpc) is 3.29. The number of piperidine rings is 1. The predicted octanol–water partition coefficient (Wildman–Crippen LogP) is 4.95. The van der Waals surface area contributed by atoms with Crippen LogP contribution in [0.3, 0.4) is 0 Å². The van der Waals surface area contributed by atoms with Crippen LogP contribution in [-0.4, -0.2) is 39.3 Å². The highest BCUT2D eigenvalue weighted by molar-refractivity contribution is 5.78. The number of aryl methyl sites for hydroxylation is 1. The Hall–Kier alpha value is -3.44. The lowest BCUT2D eigenvalue weighted by atomic mass is 9.89. The standard InChI is InChI=1S/C29H32N4O/c1-22-9-5-6-12-25(22)26(27-20-30-28-13-7-8-16-33(27)28)19-29(34)31-24-14-17-32(18-15-24)21-23-10-3-2-4-11-23/h2-13,16,20,24,26H,14-15,17-19,21H2,1H3,(H,31,34). The second-order valence-corrected chi connectivity index (χ2v) is 9.33. The van der Waals surface area contributed by atoms with Gasteiger partial charge in [0.2, 0.25) is 5.91 Å². The van der Waals surface area contributed by atoms with E-state index in [9.17, 15) is 4.79 Å². The van der Waals surface area contributed by atoms with Gasteiger partial charge in [-0.2, -0.15) is 0 Å². The van der Waals surface area contributed by atoms with Crippen LogP contribution in [0.4, 0.5) is 0 Å². The van der Waals surface area contributed by atoms with Crippen molar-refractivity contribution in [2.24, 2.45) is 0 Å². The molecule has 0 spiro atoms. The van der Waals surface area contributed by atoms with Crippen LogP contribution in [0.5, 0.6) is 0 Å². The molecule has 1 aliphatic rings. The summed E-state index contributed by atoms with van der Waals surface area (Å²) in [5.41, 5.74) is 5.68. The number of fused-ring (bicyclic) bond motifs is 1. The number of amides is 1. The predicted molar refractivity (Wildman–Crippen MR) is 136 cm³/mol. The molecule has 1 unspecified atom stereocenters. The molecule has 3 heterocycles. The lowest BCUT2D eigenvalue weighted by Gasteiger charge is -2.32. The molecule has 0 aliphatic carbocycles. The quantitative estimate of drug-likeness (QED) is 0.432. The normalized spacial score (nSPS) is 15.9. The van der Waals surface area contributed by atoms with Crippen molar-refractivity contribution in [2.45, 2.75) is 44.7 Å². The molecule has 1 atom stereocenters. The number of benzene rings is 2. The Morgan fingerprint density at radius 3 is 2.53 bits per heavy atom. The summed E-state index contributed by atoms with van der Waals surface area (Å²) in [6.45, 7) is 5.11. The topological polar surface area (TPSA) is 49.6 Å². The SMILES string of the molecule is Cc1ccccc1C(CC(=O)NC1CCN(Cc2ccccc2)CC1)c1cnc2ccccn12. The third-order valence-corrected chi connectivity index (χ3v) is 6.96. The van der Waals surface area contributed by atoms with Gasteiger partial charge in [-0.3, -0.25) is 9.69 Å². The first-order valence-electron chi connectivity index (χ1n) is 12.2. The minimum atomic E-state index is -0.0447. The van der Waals surface area contributed by atoms with E-state index >= 15 is 0 Å². The molecule has 34 heavy (non-hydrogen) atoms. The molecule has 1 saturated heterocycles. The number of imidazole rings is 1. The van der Waals surface area contributed by atoms with Crippen molar-refractivity contribution in [3.8, 4) is 0 Å². The van der Waals surface area contributed by atoms with Gasteiger partial charge in [-0.25, -0.2) is 4.98 Å². The smallest absolute Gasteiger partial charge is 0.221 e. The van der Waals surface area contributed by atoms with Gasteiger partial charge in [0, 0.05) is 50.4 Å². The van der Waals surface area contributed by atoms with Crippen LogP contribution >= 0.6 is 0 Å². The number of rotatable bonds is 7. The van der Waals surface area contributed by atoms with Crippen LogP contribution in [-0.2, 0) is 11.3 Å². The van der Waals surface area contributed by atoms with Crippen LogP contribution in [0, 0.1) is 6.92 Å². The number of likely N-dealkylation sites (tertiary alicyclic amines) is 1. The number of pyridine rings is 1. The van der Waals surface area contributed by atoms with Crippen LogP contribution in [0.15, 0.2) is 85.2 Å². The van der Waals surface area contributed by atoms with Crippen molar-refractivity contribution in [3.63, 3.8) is 0 Å². The van der Waals surface area contributed by atoms with E-state index in [1.165, 1.54) is 16.7 Å². The lowest BCUT2D eigenvalue weighted by molar-refractivity contribution is -0.122. The Morgan fingerprint density at radius 1 is 1.00 bits per heavy atom. The Morgan fingerprint density at radius 2 is 1.74 bits per heavy atom. The molecule has 2 aromatic heterocycles. The fourth-order valence-electron chi connectivity index (χ4n) is 5.11. The van der Waals surface area contributed by atoms with Gasteiger partial charge in [0.15, 0.2) is 0 Å². The zero-order chi connectivity index (χ0) is 23.3. The first kappa shape index (κ1) is 22.4. The third kappa shape index (κ3) is 5.05. The second-order valence-electron chi connectivity index (χ2n) is 9.33. The van der Waals surface area contributed by atoms with E-state index in [0.717, 1.165) is 43.8 Å². The molecule has 0 bridgehead atoms. The Bertz CT molecular complexity index is 1240. The molecule has 1 aliphatic heterocycles. The van der Waals surface area contributed by atoms with Gasteiger partial charge < -0.3 is 9.72 Å². The van der Waals surface area contributed by atoms with E-state index in [1.54, 1.807) is 0 Å². The van der Waals surface area contributed by atoms with Gasteiger partial charge >= 0.3 is 0 Å². The number of carbonyl (C=O) groups excluding carboxylic acids is 1. The first-order valence-corrected chi connectivity index (χ1v) is 12.2. The molecule has 1 N–H and O–H groups in total. The molecule has 1 fully saturated rings. The van der Waals surface area contributed by atoms with E-state index in [0.29, 0.717) is 6.42 Å². The molecular formula is C29H32N4O. The largest absolute Gasteiger partial charge is 0.353 e. The minimum absolute atomic E-state index is 0.0447. The molecule has 0 saturated carbocycles. The molecule has 5 rings (SSSR count). The molecule has 5 nitrogen and oxygen atoms in total. The second kappa shape index (κ2) is 10.2. The van der Waals surface area contributed by atoms with E-state index < -0.39 is 0 Å². The highest BCUT2D eigenvalue weighted by Gasteiger charge is 2.26. The molecule has 2 aromatic carbocycles. The zero-order valence-corrected chi connectivity index (χ0v) is 19.7. The lowest BCUT2D eigenvalue weighted by Crippen LogP contribution is -2.44. The highest BCUT2D eigenvalue weighted by atomic mass is 16.1. The average molecular weight is 453 g/mol. The summed E-state index contributed by atoms with van der Waals surface area (Å²) >= 11 is 0. The van der Waals surface area contributed by atoms with E-state index in [-0.39, 0.29) is 17.9 Å². The number of carbonyl (C=O) groups is 1. The first-order chi connectivity index (χ1) is 16.7. The van der Waals surface area contributed by atoms with Crippen molar-refractivity contribution in [1.82, 2.24) is 19.6 Å². The number of aromatic nitrogens is 2. The van der Waals surface area contributed by atoms with Gasteiger partial charge in [-0.05, 0) is 48.6 Å². The van der Waals surface area contributed by atoms with Gasteiger partial charge in [-0.1, -0.05) is 60.7 Å². The van der Waals surface area contributed by atoms with Crippen molar-refractivity contribution >= 4 is 11.6 Å². The van der Waals surface area contributed by atoms with Gasteiger partial charge in [-0.15, -0.1) is 0 Å².